The smallest absolute Gasteiger partial charge is 0.326 e. The number of hydrogen-bond acceptors (Lipinski definition) is 4. The van der Waals surface area contributed by atoms with E-state index in [0.29, 0.717) is 32.2 Å². The first-order valence-corrected chi connectivity index (χ1v) is 7.98. The molecule has 1 aromatic rings. The molecule has 0 radical (unpaired) electrons. The molecule has 1 aromatic carbocycles. The SMILES string of the molecule is CC(=O)NC(Cc1ccccc1)C(=O)NC(CCCCN)C(=O)O. The molecule has 0 bridgehead atoms. The molecule has 0 heterocycles. The predicted molar refractivity (Wildman–Crippen MR) is 90.2 cm³/mol. The Morgan fingerprint density at radius 3 is 2.29 bits per heavy atom. The molecule has 2 atom stereocenters. The van der Waals surface area contributed by atoms with Crippen molar-refractivity contribution >= 4 is 17.8 Å². The van der Waals surface area contributed by atoms with Gasteiger partial charge < -0.3 is 21.5 Å². The molecule has 2 unspecified atom stereocenters. The molecule has 0 saturated heterocycles. The summed E-state index contributed by atoms with van der Waals surface area (Å²) in [6, 6.07) is 7.42. The molecule has 0 aliphatic rings. The van der Waals surface area contributed by atoms with Crippen molar-refractivity contribution in [1.29, 1.82) is 0 Å². The summed E-state index contributed by atoms with van der Waals surface area (Å²) in [5, 5.41) is 14.3. The van der Waals surface area contributed by atoms with Crippen molar-refractivity contribution < 1.29 is 19.5 Å². The minimum atomic E-state index is -1.10. The fraction of sp³-hybridized carbons (Fsp3) is 0.471. The van der Waals surface area contributed by atoms with Gasteiger partial charge in [0, 0.05) is 13.3 Å². The lowest BCUT2D eigenvalue weighted by atomic mass is 10.0. The molecule has 0 aliphatic carbocycles. The Balaban J connectivity index is 2.74. The molecular weight excluding hydrogens is 310 g/mol. The van der Waals surface area contributed by atoms with E-state index >= 15 is 0 Å². The number of amides is 2. The molecular formula is C17H25N3O4. The maximum absolute atomic E-state index is 12.4. The molecule has 0 spiro atoms. The molecule has 2 amide bonds. The van der Waals surface area contributed by atoms with Crippen LogP contribution in [0.4, 0.5) is 0 Å². The van der Waals surface area contributed by atoms with Crippen molar-refractivity contribution in [2.45, 2.75) is 44.7 Å². The second kappa shape index (κ2) is 10.4. The van der Waals surface area contributed by atoms with Crippen molar-refractivity contribution in [2.24, 2.45) is 5.73 Å². The van der Waals surface area contributed by atoms with E-state index in [9.17, 15) is 19.5 Å². The maximum Gasteiger partial charge on any atom is 0.326 e. The van der Waals surface area contributed by atoms with Crippen molar-refractivity contribution in [1.82, 2.24) is 10.6 Å². The van der Waals surface area contributed by atoms with Gasteiger partial charge in [0.1, 0.15) is 12.1 Å². The summed E-state index contributed by atoms with van der Waals surface area (Å²) in [5.41, 5.74) is 6.28. The Morgan fingerprint density at radius 1 is 1.08 bits per heavy atom. The van der Waals surface area contributed by atoms with E-state index in [-0.39, 0.29) is 5.91 Å². The number of nitrogens with two attached hydrogens (primary N) is 1. The highest BCUT2D eigenvalue weighted by Crippen LogP contribution is 2.06. The quantitative estimate of drug-likeness (QED) is 0.462. The van der Waals surface area contributed by atoms with Crippen LogP contribution >= 0.6 is 0 Å². The monoisotopic (exact) mass is 335 g/mol. The second-order valence-electron chi connectivity index (χ2n) is 5.63. The topological polar surface area (TPSA) is 122 Å². The third-order valence-electron chi connectivity index (χ3n) is 3.54. The molecule has 0 fully saturated rings. The Hall–Kier alpha value is -2.41. The van der Waals surface area contributed by atoms with Gasteiger partial charge in [-0.25, -0.2) is 4.79 Å². The van der Waals surface area contributed by atoms with Gasteiger partial charge >= 0.3 is 5.97 Å². The highest BCUT2D eigenvalue weighted by atomic mass is 16.4. The number of rotatable bonds is 10. The summed E-state index contributed by atoms with van der Waals surface area (Å²) < 4.78 is 0. The minimum absolute atomic E-state index is 0.293. The first-order chi connectivity index (χ1) is 11.4. The van der Waals surface area contributed by atoms with Crippen molar-refractivity contribution in [2.75, 3.05) is 6.54 Å². The lowest BCUT2D eigenvalue weighted by Gasteiger charge is -2.21. The van der Waals surface area contributed by atoms with Crippen molar-refractivity contribution in [3.05, 3.63) is 35.9 Å². The molecule has 1 rings (SSSR count). The number of carboxylic acid groups (broad SMARTS) is 1. The summed E-state index contributed by atoms with van der Waals surface area (Å²) in [6.07, 6.45) is 1.90. The summed E-state index contributed by atoms with van der Waals surface area (Å²) in [6.45, 7) is 1.80. The Labute approximate surface area is 141 Å². The van der Waals surface area contributed by atoms with Gasteiger partial charge in [0.2, 0.25) is 11.8 Å². The zero-order chi connectivity index (χ0) is 17.9. The maximum atomic E-state index is 12.4. The molecule has 7 nitrogen and oxygen atoms in total. The molecule has 5 N–H and O–H groups in total. The van der Waals surface area contributed by atoms with Crippen LogP contribution in [0.25, 0.3) is 0 Å². The minimum Gasteiger partial charge on any atom is -0.480 e. The first kappa shape index (κ1) is 19.6. The highest BCUT2D eigenvalue weighted by molar-refractivity contribution is 5.90. The zero-order valence-electron chi connectivity index (χ0n) is 13.8. The van der Waals surface area contributed by atoms with Gasteiger partial charge in [-0.05, 0) is 31.4 Å². The number of hydrogen-bond donors (Lipinski definition) is 4. The average Bonchev–Trinajstić information content (AvgIpc) is 2.53. The number of nitrogens with one attached hydrogen (secondary N) is 2. The van der Waals surface area contributed by atoms with Crippen LogP contribution in [0.2, 0.25) is 0 Å². The van der Waals surface area contributed by atoms with E-state index in [1.54, 1.807) is 0 Å². The molecule has 0 aromatic heterocycles. The van der Waals surface area contributed by atoms with Gasteiger partial charge in [-0.15, -0.1) is 0 Å². The van der Waals surface area contributed by atoms with Crippen LogP contribution < -0.4 is 16.4 Å². The van der Waals surface area contributed by atoms with Gasteiger partial charge in [-0.3, -0.25) is 9.59 Å². The van der Waals surface area contributed by atoms with Gasteiger partial charge in [0.15, 0.2) is 0 Å². The van der Waals surface area contributed by atoms with Crippen LogP contribution in [0.1, 0.15) is 31.7 Å². The van der Waals surface area contributed by atoms with Crippen molar-refractivity contribution in [3.8, 4) is 0 Å². The van der Waals surface area contributed by atoms with Gasteiger partial charge in [0.25, 0.3) is 0 Å². The zero-order valence-corrected chi connectivity index (χ0v) is 13.8. The summed E-state index contributed by atoms with van der Waals surface area (Å²) in [4.78, 5) is 35.1. The van der Waals surface area contributed by atoms with E-state index in [4.69, 9.17) is 5.73 Å². The third kappa shape index (κ3) is 7.23. The molecule has 24 heavy (non-hydrogen) atoms. The number of carbonyl (C=O) groups is 3. The Kier molecular flexibility index (Phi) is 8.49. The van der Waals surface area contributed by atoms with E-state index in [1.165, 1.54) is 6.92 Å². The van der Waals surface area contributed by atoms with Crippen LogP contribution in [0, 0.1) is 0 Å². The van der Waals surface area contributed by atoms with Crippen LogP contribution in [-0.4, -0.2) is 41.5 Å². The largest absolute Gasteiger partial charge is 0.480 e. The number of carbonyl (C=O) groups excluding carboxylic acids is 2. The van der Waals surface area contributed by atoms with Crippen LogP contribution in [0.5, 0.6) is 0 Å². The van der Waals surface area contributed by atoms with E-state index in [1.807, 2.05) is 30.3 Å². The van der Waals surface area contributed by atoms with Crippen molar-refractivity contribution in [3.63, 3.8) is 0 Å². The normalized spacial score (nSPS) is 12.9. The second-order valence-corrected chi connectivity index (χ2v) is 5.63. The van der Waals surface area contributed by atoms with Gasteiger partial charge in [-0.2, -0.15) is 0 Å². The third-order valence-corrected chi connectivity index (χ3v) is 3.54. The van der Waals surface area contributed by atoms with Gasteiger partial charge in [-0.1, -0.05) is 30.3 Å². The average molecular weight is 335 g/mol. The fourth-order valence-corrected chi connectivity index (χ4v) is 2.33. The van der Waals surface area contributed by atoms with Crippen LogP contribution in [0.3, 0.4) is 0 Å². The van der Waals surface area contributed by atoms with E-state index in [2.05, 4.69) is 10.6 Å². The first-order valence-electron chi connectivity index (χ1n) is 7.98. The number of unbranched alkanes of at least 4 members (excludes halogenated alkanes) is 1. The Morgan fingerprint density at radius 2 is 1.75 bits per heavy atom. The number of aliphatic carboxylic acids is 1. The predicted octanol–water partition coefficient (Wildman–Crippen LogP) is 0.432. The summed E-state index contributed by atoms with van der Waals surface area (Å²) >= 11 is 0. The van der Waals surface area contributed by atoms with Gasteiger partial charge in [0.05, 0.1) is 0 Å². The van der Waals surface area contributed by atoms with Crippen LogP contribution in [0.15, 0.2) is 30.3 Å². The lowest BCUT2D eigenvalue weighted by molar-refractivity contribution is -0.142. The number of carboxylic acids is 1. The summed E-state index contributed by atoms with van der Waals surface area (Å²) in [7, 11) is 0. The van der Waals surface area contributed by atoms with Crippen LogP contribution in [-0.2, 0) is 20.8 Å². The number of benzene rings is 1. The molecule has 7 heteroatoms. The molecule has 0 saturated carbocycles. The lowest BCUT2D eigenvalue weighted by Crippen LogP contribution is -2.52. The standard InChI is InChI=1S/C17H25N3O4/c1-12(21)19-15(11-13-7-3-2-4-8-13)16(22)20-14(17(23)24)9-5-6-10-18/h2-4,7-8,14-15H,5-6,9-11,18H2,1H3,(H,19,21)(H,20,22)(H,23,24). The highest BCUT2D eigenvalue weighted by Gasteiger charge is 2.25. The fourth-order valence-electron chi connectivity index (χ4n) is 2.33. The molecule has 0 aliphatic heterocycles. The molecule has 132 valence electrons. The van der Waals surface area contributed by atoms with E-state index in [0.717, 1.165) is 5.56 Å². The Bertz CT molecular complexity index is 548. The van der Waals surface area contributed by atoms with E-state index < -0.39 is 24.0 Å². The summed E-state index contributed by atoms with van der Waals surface area (Å²) in [5.74, 6) is -1.95.